The SMILES string of the molecule is CN(CC(=O)NC1CC1)CC1(O)CCCCC1. The van der Waals surface area contributed by atoms with E-state index in [9.17, 15) is 9.90 Å². The van der Waals surface area contributed by atoms with Crippen LogP contribution in [0.4, 0.5) is 0 Å². The highest BCUT2D eigenvalue weighted by atomic mass is 16.3. The van der Waals surface area contributed by atoms with Crippen LogP contribution in [-0.4, -0.2) is 47.7 Å². The van der Waals surface area contributed by atoms with Crippen LogP contribution in [0.25, 0.3) is 0 Å². The van der Waals surface area contributed by atoms with Crippen molar-refractivity contribution in [3.63, 3.8) is 0 Å². The maximum absolute atomic E-state index is 11.6. The van der Waals surface area contributed by atoms with Crippen molar-refractivity contribution >= 4 is 5.91 Å². The molecule has 0 bridgehead atoms. The number of hydrogen-bond donors (Lipinski definition) is 2. The first kappa shape index (κ1) is 12.8. The Balaban J connectivity index is 1.71. The van der Waals surface area contributed by atoms with Crippen molar-refractivity contribution in [3.8, 4) is 0 Å². The molecule has 2 saturated carbocycles. The summed E-state index contributed by atoms with van der Waals surface area (Å²) in [6.45, 7) is 1.02. The molecule has 2 rings (SSSR count). The zero-order chi connectivity index (χ0) is 12.3. The van der Waals surface area contributed by atoms with Crippen LogP contribution < -0.4 is 5.32 Å². The smallest absolute Gasteiger partial charge is 0.234 e. The second-order valence-electron chi connectivity index (χ2n) is 5.80. The molecule has 2 fully saturated rings. The summed E-state index contributed by atoms with van der Waals surface area (Å²) in [6, 6.07) is 0.425. The van der Waals surface area contributed by atoms with E-state index in [1.165, 1.54) is 6.42 Å². The number of amides is 1. The van der Waals surface area contributed by atoms with Crippen LogP contribution in [-0.2, 0) is 4.79 Å². The lowest BCUT2D eigenvalue weighted by molar-refractivity contribution is -0.123. The molecule has 17 heavy (non-hydrogen) atoms. The molecule has 0 unspecified atom stereocenters. The van der Waals surface area contributed by atoms with E-state index in [1.54, 1.807) is 0 Å². The number of aliphatic hydroxyl groups is 1. The molecule has 2 N–H and O–H groups in total. The number of likely N-dealkylation sites (N-methyl/N-ethyl adjacent to an activating group) is 1. The maximum atomic E-state index is 11.6. The summed E-state index contributed by atoms with van der Waals surface area (Å²) < 4.78 is 0. The van der Waals surface area contributed by atoms with Gasteiger partial charge in [0.1, 0.15) is 0 Å². The number of carbonyl (C=O) groups is 1. The third-order valence-corrected chi connectivity index (χ3v) is 3.70. The molecule has 2 aliphatic carbocycles. The van der Waals surface area contributed by atoms with E-state index in [0.717, 1.165) is 38.5 Å². The van der Waals surface area contributed by atoms with Crippen molar-refractivity contribution in [1.29, 1.82) is 0 Å². The van der Waals surface area contributed by atoms with Gasteiger partial charge in [0.05, 0.1) is 12.1 Å². The summed E-state index contributed by atoms with van der Waals surface area (Å²) in [5.41, 5.74) is -0.563. The van der Waals surface area contributed by atoms with E-state index in [1.807, 2.05) is 11.9 Å². The van der Waals surface area contributed by atoms with Gasteiger partial charge in [0.2, 0.25) is 5.91 Å². The Bertz CT molecular complexity index is 271. The fourth-order valence-corrected chi connectivity index (χ4v) is 2.67. The van der Waals surface area contributed by atoms with Crippen molar-refractivity contribution in [2.45, 2.75) is 56.6 Å². The van der Waals surface area contributed by atoms with Gasteiger partial charge in [-0.25, -0.2) is 0 Å². The molecule has 0 saturated heterocycles. The number of carbonyl (C=O) groups excluding carboxylic acids is 1. The molecule has 0 radical (unpaired) electrons. The first-order valence-corrected chi connectivity index (χ1v) is 6.78. The third-order valence-electron chi connectivity index (χ3n) is 3.70. The normalized spacial score (nSPS) is 23.7. The Morgan fingerprint density at radius 1 is 1.35 bits per heavy atom. The molecular weight excluding hydrogens is 216 g/mol. The van der Waals surface area contributed by atoms with Gasteiger partial charge in [-0.15, -0.1) is 0 Å². The molecule has 4 heteroatoms. The van der Waals surface area contributed by atoms with E-state index in [2.05, 4.69) is 5.32 Å². The van der Waals surface area contributed by atoms with E-state index in [4.69, 9.17) is 0 Å². The van der Waals surface area contributed by atoms with Crippen molar-refractivity contribution in [1.82, 2.24) is 10.2 Å². The van der Waals surface area contributed by atoms with Crippen LogP contribution in [0.1, 0.15) is 44.9 Å². The summed E-state index contributed by atoms with van der Waals surface area (Å²) in [5, 5.41) is 13.3. The second-order valence-corrected chi connectivity index (χ2v) is 5.80. The topological polar surface area (TPSA) is 52.6 Å². The lowest BCUT2D eigenvalue weighted by atomic mass is 9.84. The first-order valence-electron chi connectivity index (χ1n) is 6.78. The molecular formula is C13H24N2O2. The molecule has 0 aromatic heterocycles. The summed E-state index contributed by atoms with van der Waals surface area (Å²) in [7, 11) is 1.92. The minimum Gasteiger partial charge on any atom is -0.389 e. The van der Waals surface area contributed by atoms with Crippen LogP contribution >= 0.6 is 0 Å². The Kier molecular flexibility index (Phi) is 4.05. The van der Waals surface area contributed by atoms with Crippen molar-refractivity contribution < 1.29 is 9.90 Å². The zero-order valence-corrected chi connectivity index (χ0v) is 10.7. The largest absolute Gasteiger partial charge is 0.389 e. The number of hydrogen-bond acceptors (Lipinski definition) is 3. The summed E-state index contributed by atoms with van der Waals surface area (Å²) in [5.74, 6) is 0.0920. The van der Waals surface area contributed by atoms with Crippen LogP contribution in [0.3, 0.4) is 0 Å². The maximum Gasteiger partial charge on any atom is 0.234 e. The zero-order valence-electron chi connectivity index (χ0n) is 10.7. The average molecular weight is 240 g/mol. The van der Waals surface area contributed by atoms with Crippen molar-refractivity contribution in [2.24, 2.45) is 0 Å². The van der Waals surface area contributed by atoms with Gasteiger partial charge in [0.15, 0.2) is 0 Å². The van der Waals surface area contributed by atoms with Crippen LogP contribution in [0.15, 0.2) is 0 Å². The number of nitrogens with one attached hydrogen (secondary N) is 1. The minimum atomic E-state index is -0.563. The van der Waals surface area contributed by atoms with Crippen molar-refractivity contribution in [3.05, 3.63) is 0 Å². The Hall–Kier alpha value is -0.610. The molecule has 0 spiro atoms. The predicted molar refractivity (Wildman–Crippen MR) is 66.7 cm³/mol. The van der Waals surface area contributed by atoms with Gasteiger partial charge in [-0.2, -0.15) is 0 Å². The quantitative estimate of drug-likeness (QED) is 0.750. The fraction of sp³-hybridized carbons (Fsp3) is 0.923. The summed E-state index contributed by atoms with van der Waals surface area (Å²) >= 11 is 0. The number of nitrogens with zero attached hydrogens (tertiary/aromatic N) is 1. The molecule has 2 aliphatic rings. The van der Waals surface area contributed by atoms with E-state index in [-0.39, 0.29) is 5.91 Å². The van der Waals surface area contributed by atoms with E-state index in [0.29, 0.717) is 19.1 Å². The molecule has 98 valence electrons. The van der Waals surface area contributed by atoms with Gasteiger partial charge >= 0.3 is 0 Å². The lowest BCUT2D eigenvalue weighted by Gasteiger charge is -2.35. The fourth-order valence-electron chi connectivity index (χ4n) is 2.67. The molecule has 0 aliphatic heterocycles. The standard InChI is InChI=1S/C13H24N2O2/c1-15(9-12(16)14-11-5-6-11)10-13(17)7-3-2-4-8-13/h11,17H,2-10H2,1H3,(H,14,16). The van der Waals surface area contributed by atoms with Gasteiger partial charge in [-0.3, -0.25) is 9.69 Å². The summed E-state index contributed by atoms with van der Waals surface area (Å²) in [6.07, 6.45) is 7.45. The Morgan fingerprint density at radius 3 is 2.59 bits per heavy atom. The summed E-state index contributed by atoms with van der Waals surface area (Å²) in [4.78, 5) is 13.6. The number of rotatable bonds is 5. The van der Waals surface area contributed by atoms with Gasteiger partial charge in [0, 0.05) is 12.6 Å². The van der Waals surface area contributed by atoms with E-state index >= 15 is 0 Å². The van der Waals surface area contributed by atoms with Crippen molar-refractivity contribution in [2.75, 3.05) is 20.1 Å². The van der Waals surface area contributed by atoms with Gasteiger partial charge in [-0.1, -0.05) is 19.3 Å². The Morgan fingerprint density at radius 2 is 2.00 bits per heavy atom. The van der Waals surface area contributed by atoms with Crippen LogP contribution in [0.5, 0.6) is 0 Å². The monoisotopic (exact) mass is 240 g/mol. The van der Waals surface area contributed by atoms with E-state index < -0.39 is 5.60 Å². The van der Waals surface area contributed by atoms with Gasteiger partial charge in [0.25, 0.3) is 0 Å². The highest BCUT2D eigenvalue weighted by Gasteiger charge is 2.31. The molecule has 0 aromatic carbocycles. The highest BCUT2D eigenvalue weighted by Crippen LogP contribution is 2.28. The lowest BCUT2D eigenvalue weighted by Crippen LogP contribution is -2.46. The highest BCUT2D eigenvalue weighted by molar-refractivity contribution is 5.78. The minimum absolute atomic E-state index is 0.0920. The van der Waals surface area contributed by atoms with Crippen LogP contribution in [0.2, 0.25) is 0 Å². The van der Waals surface area contributed by atoms with Crippen LogP contribution in [0, 0.1) is 0 Å². The average Bonchev–Trinajstić information content (AvgIpc) is 3.01. The molecule has 0 atom stereocenters. The third kappa shape index (κ3) is 4.28. The molecule has 0 aromatic rings. The Labute approximate surface area is 103 Å². The van der Waals surface area contributed by atoms with Gasteiger partial charge < -0.3 is 10.4 Å². The molecule has 1 amide bonds. The van der Waals surface area contributed by atoms with Gasteiger partial charge in [-0.05, 0) is 32.7 Å². The second kappa shape index (κ2) is 5.36. The molecule has 0 heterocycles. The first-order chi connectivity index (χ1) is 8.07. The molecule has 4 nitrogen and oxygen atoms in total. The predicted octanol–water partition coefficient (Wildman–Crippen LogP) is 0.892.